The fourth-order valence-corrected chi connectivity index (χ4v) is 3.75. The predicted molar refractivity (Wildman–Crippen MR) is 123 cm³/mol. The summed E-state index contributed by atoms with van der Waals surface area (Å²) in [7, 11) is 1.34. The standard InChI is InChI=1S/C25H32O8/c1-4-6-8-10-15-12-17(26)14-19(32-3)20(15)25(31)33-23-18(27)13-16(11-9-7-5-2)21(22(23)28)24(29)30/h12-14,26-28H,4-11H2,1-3H3,(H,29,30). The van der Waals surface area contributed by atoms with Gasteiger partial charge in [-0.2, -0.15) is 0 Å². The van der Waals surface area contributed by atoms with E-state index in [0.29, 0.717) is 24.8 Å². The second-order valence-electron chi connectivity index (χ2n) is 7.90. The summed E-state index contributed by atoms with van der Waals surface area (Å²) in [5, 5.41) is 40.7. The van der Waals surface area contributed by atoms with E-state index in [1.807, 2.05) is 13.8 Å². The number of unbranched alkanes of at least 4 members (excludes halogenated alkanes) is 4. The zero-order chi connectivity index (χ0) is 24.5. The quantitative estimate of drug-likeness (QED) is 0.193. The number of aryl methyl sites for hydroxylation is 2. The molecule has 0 aliphatic rings. The zero-order valence-electron chi connectivity index (χ0n) is 19.3. The summed E-state index contributed by atoms with van der Waals surface area (Å²) in [6.07, 6.45) is 5.91. The van der Waals surface area contributed by atoms with Crippen LogP contribution in [0.3, 0.4) is 0 Å². The van der Waals surface area contributed by atoms with Crippen molar-refractivity contribution in [1.82, 2.24) is 0 Å². The number of aromatic carboxylic acids is 1. The lowest BCUT2D eigenvalue weighted by atomic mass is 9.98. The maximum absolute atomic E-state index is 13.1. The topological polar surface area (TPSA) is 134 Å². The van der Waals surface area contributed by atoms with Gasteiger partial charge >= 0.3 is 11.9 Å². The largest absolute Gasteiger partial charge is 0.508 e. The van der Waals surface area contributed by atoms with E-state index < -0.39 is 34.8 Å². The molecule has 0 spiro atoms. The van der Waals surface area contributed by atoms with Crippen molar-refractivity contribution in [3.8, 4) is 28.7 Å². The molecular formula is C25H32O8. The highest BCUT2D eigenvalue weighted by molar-refractivity contribution is 5.98. The van der Waals surface area contributed by atoms with E-state index in [2.05, 4.69) is 0 Å². The number of carboxylic acids is 1. The molecule has 0 heterocycles. The monoisotopic (exact) mass is 460 g/mol. The molecule has 2 rings (SSSR count). The third-order valence-electron chi connectivity index (χ3n) is 5.42. The number of hydrogen-bond donors (Lipinski definition) is 4. The molecule has 0 saturated carbocycles. The van der Waals surface area contributed by atoms with Crippen LogP contribution in [0.15, 0.2) is 18.2 Å². The Balaban J connectivity index is 2.48. The molecule has 0 aromatic heterocycles. The van der Waals surface area contributed by atoms with Crippen LogP contribution >= 0.6 is 0 Å². The van der Waals surface area contributed by atoms with Crippen molar-refractivity contribution in [1.29, 1.82) is 0 Å². The van der Waals surface area contributed by atoms with Gasteiger partial charge in [0.25, 0.3) is 0 Å². The highest BCUT2D eigenvalue weighted by Crippen LogP contribution is 2.42. The summed E-state index contributed by atoms with van der Waals surface area (Å²) in [6, 6.07) is 3.91. The van der Waals surface area contributed by atoms with Crippen LogP contribution in [0.4, 0.5) is 0 Å². The zero-order valence-corrected chi connectivity index (χ0v) is 19.3. The Morgan fingerprint density at radius 1 is 0.848 bits per heavy atom. The molecular weight excluding hydrogens is 428 g/mol. The molecule has 0 unspecified atom stereocenters. The van der Waals surface area contributed by atoms with Gasteiger partial charge in [-0.05, 0) is 48.9 Å². The van der Waals surface area contributed by atoms with E-state index in [1.165, 1.54) is 25.3 Å². The fourth-order valence-electron chi connectivity index (χ4n) is 3.75. The first-order chi connectivity index (χ1) is 15.7. The average Bonchev–Trinajstić information content (AvgIpc) is 2.76. The van der Waals surface area contributed by atoms with Crippen LogP contribution < -0.4 is 9.47 Å². The first-order valence-electron chi connectivity index (χ1n) is 11.2. The van der Waals surface area contributed by atoms with Crippen molar-refractivity contribution in [2.24, 2.45) is 0 Å². The summed E-state index contributed by atoms with van der Waals surface area (Å²) in [5.74, 6) is -4.33. The molecule has 0 bridgehead atoms. The van der Waals surface area contributed by atoms with E-state index in [9.17, 15) is 30.0 Å². The van der Waals surface area contributed by atoms with Crippen LogP contribution in [0, 0.1) is 0 Å². The lowest BCUT2D eigenvalue weighted by Gasteiger charge is -2.17. The van der Waals surface area contributed by atoms with Gasteiger partial charge in [0.15, 0.2) is 11.5 Å². The number of rotatable bonds is 12. The molecule has 33 heavy (non-hydrogen) atoms. The van der Waals surface area contributed by atoms with Gasteiger partial charge in [0.2, 0.25) is 5.75 Å². The minimum absolute atomic E-state index is 0.0362. The molecule has 4 N–H and O–H groups in total. The highest BCUT2D eigenvalue weighted by atomic mass is 16.5. The molecule has 0 saturated heterocycles. The number of methoxy groups -OCH3 is 1. The Morgan fingerprint density at radius 3 is 1.94 bits per heavy atom. The molecule has 0 atom stereocenters. The third-order valence-corrected chi connectivity index (χ3v) is 5.42. The molecule has 8 heteroatoms. The van der Waals surface area contributed by atoms with E-state index in [0.717, 1.165) is 32.1 Å². The molecule has 180 valence electrons. The number of phenols is 3. The van der Waals surface area contributed by atoms with Crippen LogP contribution in [-0.4, -0.2) is 39.5 Å². The van der Waals surface area contributed by atoms with Gasteiger partial charge in [-0.3, -0.25) is 0 Å². The predicted octanol–water partition coefficient (Wildman–Crippen LogP) is 5.19. The molecule has 0 fully saturated rings. The number of carbonyl (C=O) groups is 2. The Labute approximate surface area is 193 Å². The molecule has 8 nitrogen and oxygen atoms in total. The number of ether oxygens (including phenoxy) is 2. The van der Waals surface area contributed by atoms with Gasteiger partial charge in [0.1, 0.15) is 22.6 Å². The third kappa shape index (κ3) is 6.31. The summed E-state index contributed by atoms with van der Waals surface area (Å²) in [6.45, 7) is 4.04. The molecule has 2 aromatic carbocycles. The van der Waals surface area contributed by atoms with Crippen molar-refractivity contribution >= 4 is 11.9 Å². The number of esters is 1. The number of phenolic OH excluding ortho intramolecular Hbond substituents is 2. The SMILES string of the molecule is CCCCCc1cc(O)cc(OC)c1C(=O)Oc1c(O)cc(CCCCC)c(C(=O)O)c1O. The normalized spacial score (nSPS) is 10.8. The average molecular weight is 461 g/mol. The second kappa shape index (κ2) is 12.0. The number of hydrogen-bond acceptors (Lipinski definition) is 7. The Kier molecular flexibility index (Phi) is 9.39. The summed E-state index contributed by atoms with van der Waals surface area (Å²) in [5.41, 5.74) is 0.369. The smallest absolute Gasteiger partial charge is 0.347 e. The first kappa shape index (κ1) is 25.8. The lowest BCUT2D eigenvalue weighted by Crippen LogP contribution is -2.15. The second-order valence-corrected chi connectivity index (χ2v) is 7.90. The van der Waals surface area contributed by atoms with Crippen LogP contribution in [0.1, 0.15) is 84.2 Å². The van der Waals surface area contributed by atoms with Gasteiger partial charge in [0, 0.05) is 6.07 Å². The lowest BCUT2D eigenvalue weighted by molar-refractivity contribution is 0.0676. The van der Waals surface area contributed by atoms with Crippen LogP contribution in [0.25, 0.3) is 0 Å². The fraction of sp³-hybridized carbons (Fsp3) is 0.440. The van der Waals surface area contributed by atoms with Crippen molar-refractivity contribution in [3.63, 3.8) is 0 Å². The molecule has 2 aromatic rings. The van der Waals surface area contributed by atoms with Crippen molar-refractivity contribution in [3.05, 3.63) is 40.5 Å². The van der Waals surface area contributed by atoms with Crippen LogP contribution in [0.2, 0.25) is 0 Å². The van der Waals surface area contributed by atoms with Crippen molar-refractivity contribution in [2.45, 2.75) is 65.2 Å². The maximum atomic E-state index is 13.1. The van der Waals surface area contributed by atoms with Gasteiger partial charge < -0.3 is 29.9 Å². The molecule has 0 amide bonds. The minimum Gasteiger partial charge on any atom is -0.508 e. The Bertz CT molecular complexity index is 997. The van der Waals surface area contributed by atoms with Gasteiger partial charge in [-0.15, -0.1) is 0 Å². The van der Waals surface area contributed by atoms with E-state index in [-0.39, 0.29) is 22.6 Å². The first-order valence-corrected chi connectivity index (χ1v) is 11.2. The Morgan fingerprint density at radius 2 is 1.42 bits per heavy atom. The van der Waals surface area contributed by atoms with Gasteiger partial charge in [-0.1, -0.05) is 39.5 Å². The number of carbonyl (C=O) groups excluding carboxylic acids is 1. The minimum atomic E-state index is -1.39. The van der Waals surface area contributed by atoms with Crippen LogP contribution in [-0.2, 0) is 12.8 Å². The van der Waals surface area contributed by atoms with Gasteiger partial charge in [-0.25, -0.2) is 9.59 Å². The highest BCUT2D eigenvalue weighted by Gasteiger charge is 2.28. The Hall–Kier alpha value is -3.42. The summed E-state index contributed by atoms with van der Waals surface area (Å²) >= 11 is 0. The van der Waals surface area contributed by atoms with E-state index in [4.69, 9.17) is 9.47 Å². The summed E-state index contributed by atoms with van der Waals surface area (Å²) in [4.78, 5) is 24.9. The van der Waals surface area contributed by atoms with Crippen molar-refractivity contribution in [2.75, 3.05) is 7.11 Å². The van der Waals surface area contributed by atoms with Crippen molar-refractivity contribution < 1.29 is 39.5 Å². The number of aromatic hydroxyl groups is 3. The maximum Gasteiger partial charge on any atom is 0.347 e. The number of carboxylic acid groups (broad SMARTS) is 1. The van der Waals surface area contributed by atoms with E-state index >= 15 is 0 Å². The molecule has 0 radical (unpaired) electrons. The van der Waals surface area contributed by atoms with Gasteiger partial charge in [0.05, 0.1) is 7.11 Å². The molecule has 0 aliphatic carbocycles. The molecule has 0 aliphatic heterocycles. The van der Waals surface area contributed by atoms with Crippen LogP contribution in [0.5, 0.6) is 28.7 Å². The van der Waals surface area contributed by atoms with E-state index in [1.54, 1.807) is 0 Å². The summed E-state index contributed by atoms with van der Waals surface area (Å²) < 4.78 is 10.5. The number of benzene rings is 2.